The molecule has 1 unspecified atom stereocenters. The fraction of sp³-hybridized carbons (Fsp3) is 0.235. The molecule has 2 rings (SSSR count). The molecule has 0 bridgehead atoms. The van der Waals surface area contributed by atoms with Crippen molar-refractivity contribution in [1.82, 2.24) is 4.90 Å². The number of rotatable bonds is 5. The predicted molar refractivity (Wildman–Crippen MR) is 86.2 cm³/mol. The highest BCUT2D eigenvalue weighted by Crippen LogP contribution is 2.19. The summed E-state index contributed by atoms with van der Waals surface area (Å²) < 4.78 is 0. The Balaban J connectivity index is 2.10. The van der Waals surface area contributed by atoms with E-state index in [2.05, 4.69) is 0 Å². The maximum absolute atomic E-state index is 12.6. The molecule has 2 aromatic rings. The van der Waals surface area contributed by atoms with Gasteiger partial charge in [-0.3, -0.25) is 4.79 Å². The number of nitrogens with zero attached hydrogens (tertiary/aromatic N) is 1. The number of likely N-dealkylation sites (N-methyl/N-ethyl adjacent to an activating group) is 1. The summed E-state index contributed by atoms with van der Waals surface area (Å²) in [6.45, 7) is 0.811. The maximum atomic E-state index is 12.6. The van der Waals surface area contributed by atoms with Gasteiger partial charge < -0.3 is 10.6 Å². The first-order valence-corrected chi connectivity index (χ1v) is 7.24. The van der Waals surface area contributed by atoms with E-state index in [0.29, 0.717) is 18.1 Å². The van der Waals surface area contributed by atoms with Crippen LogP contribution >= 0.6 is 11.6 Å². The van der Waals surface area contributed by atoms with Crippen molar-refractivity contribution < 1.29 is 4.79 Å². The minimum atomic E-state index is -0.310. The molecule has 21 heavy (non-hydrogen) atoms. The lowest BCUT2D eigenvalue weighted by Crippen LogP contribution is -2.34. The summed E-state index contributed by atoms with van der Waals surface area (Å²) in [5, 5.41) is 0.673. The number of hydrogen-bond acceptors (Lipinski definition) is 2. The van der Waals surface area contributed by atoms with Crippen molar-refractivity contribution >= 4 is 17.5 Å². The first kappa shape index (κ1) is 15.5. The molecule has 3 nitrogen and oxygen atoms in total. The Labute approximate surface area is 130 Å². The number of nitrogens with two attached hydrogens (primary N) is 1. The van der Waals surface area contributed by atoms with Crippen molar-refractivity contribution in [3.63, 3.8) is 0 Å². The van der Waals surface area contributed by atoms with Crippen LogP contribution in [0.3, 0.4) is 0 Å². The van der Waals surface area contributed by atoms with Crippen LogP contribution in [0.5, 0.6) is 0 Å². The van der Waals surface area contributed by atoms with Crippen LogP contribution in [0.1, 0.15) is 17.0 Å². The van der Waals surface area contributed by atoms with E-state index in [1.165, 1.54) is 0 Å². The van der Waals surface area contributed by atoms with Crippen molar-refractivity contribution in [2.45, 2.75) is 12.5 Å². The van der Waals surface area contributed by atoms with Crippen LogP contribution in [0, 0.1) is 0 Å². The summed E-state index contributed by atoms with van der Waals surface area (Å²) in [4.78, 5) is 14.3. The number of amides is 1. The Kier molecular flexibility index (Phi) is 5.37. The second-order valence-electron chi connectivity index (χ2n) is 5.02. The molecule has 4 heteroatoms. The smallest absolute Gasteiger partial charge is 0.231 e. The molecule has 0 spiro atoms. The lowest BCUT2D eigenvalue weighted by atomic mass is 9.97. The molecule has 0 fully saturated rings. The van der Waals surface area contributed by atoms with Gasteiger partial charge in [0.1, 0.15) is 0 Å². The lowest BCUT2D eigenvalue weighted by Gasteiger charge is -2.23. The number of benzene rings is 2. The molecule has 2 N–H and O–H groups in total. The van der Waals surface area contributed by atoms with E-state index in [9.17, 15) is 4.79 Å². The summed E-state index contributed by atoms with van der Waals surface area (Å²) >= 11 is 5.97. The van der Waals surface area contributed by atoms with Crippen molar-refractivity contribution in [3.05, 3.63) is 70.7 Å². The van der Waals surface area contributed by atoms with E-state index in [0.717, 1.165) is 11.1 Å². The van der Waals surface area contributed by atoms with E-state index in [1.807, 2.05) is 54.6 Å². The minimum absolute atomic E-state index is 0.0173. The van der Waals surface area contributed by atoms with Gasteiger partial charge in [-0.1, -0.05) is 54.1 Å². The average Bonchev–Trinajstić information content (AvgIpc) is 2.49. The monoisotopic (exact) mass is 302 g/mol. The number of halogens is 1. The second-order valence-corrected chi connectivity index (χ2v) is 5.46. The molecule has 1 atom stereocenters. The first-order valence-electron chi connectivity index (χ1n) is 6.86. The SMILES string of the molecule is CN(Cc1cccc(Cl)c1)C(=O)C(CN)c1ccccc1. The van der Waals surface area contributed by atoms with Crippen molar-refractivity contribution in [2.24, 2.45) is 5.73 Å². The first-order chi connectivity index (χ1) is 10.1. The van der Waals surface area contributed by atoms with Gasteiger partial charge in [-0.15, -0.1) is 0 Å². The fourth-order valence-electron chi connectivity index (χ4n) is 2.32. The third-order valence-electron chi connectivity index (χ3n) is 3.42. The molecule has 0 heterocycles. The highest BCUT2D eigenvalue weighted by molar-refractivity contribution is 6.30. The van der Waals surface area contributed by atoms with Crippen molar-refractivity contribution in [2.75, 3.05) is 13.6 Å². The molecular weight excluding hydrogens is 284 g/mol. The Bertz CT molecular complexity index is 601. The highest BCUT2D eigenvalue weighted by atomic mass is 35.5. The summed E-state index contributed by atoms with van der Waals surface area (Å²) in [7, 11) is 1.79. The Morgan fingerprint density at radius 1 is 1.19 bits per heavy atom. The third kappa shape index (κ3) is 4.06. The van der Waals surface area contributed by atoms with Crippen molar-refractivity contribution in [3.8, 4) is 0 Å². The zero-order chi connectivity index (χ0) is 15.2. The summed E-state index contributed by atoms with van der Waals surface area (Å²) in [5.41, 5.74) is 7.74. The largest absolute Gasteiger partial charge is 0.341 e. The van der Waals surface area contributed by atoms with Gasteiger partial charge in [0.05, 0.1) is 5.92 Å². The Hall–Kier alpha value is -1.84. The summed E-state index contributed by atoms with van der Waals surface area (Å²) in [6, 6.07) is 17.2. The number of hydrogen-bond donors (Lipinski definition) is 1. The predicted octanol–water partition coefficient (Wildman–Crippen LogP) is 3.04. The lowest BCUT2D eigenvalue weighted by molar-refractivity contribution is -0.131. The molecule has 2 aromatic carbocycles. The van der Waals surface area contributed by atoms with Crippen molar-refractivity contribution in [1.29, 1.82) is 0 Å². The van der Waals surface area contributed by atoms with Crippen LogP contribution in [0.25, 0.3) is 0 Å². The van der Waals surface area contributed by atoms with Gasteiger partial charge in [-0.05, 0) is 23.3 Å². The summed E-state index contributed by atoms with van der Waals surface area (Å²) in [5.74, 6) is -0.293. The van der Waals surface area contributed by atoms with Crippen LogP contribution < -0.4 is 5.73 Å². The second kappa shape index (κ2) is 7.25. The van der Waals surface area contributed by atoms with Crippen LogP contribution in [0.2, 0.25) is 5.02 Å². The van der Waals surface area contributed by atoms with E-state index in [1.54, 1.807) is 11.9 Å². The van der Waals surface area contributed by atoms with Crippen LogP contribution in [-0.4, -0.2) is 24.4 Å². The molecule has 0 saturated heterocycles. The maximum Gasteiger partial charge on any atom is 0.231 e. The third-order valence-corrected chi connectivity index (χ3v) is 3.66. The standard InChI is InChI=1S/C17H19ClN2O/c1-20(12-13-6-5-9-15(18)10-13)17(21)16(11-19)14-7-3-2-4-8-14/h2-10,16H,11-12,19H2,1H3. The molecule has 1 amide bonds. The molecule has 0 radical (unpaired) electrons. The molecule has 0 aliphatic carbocycles. The summed E-state index contributed by atoms with van der Waals surface area (Å²) in [6.07, 6.45) is 0. The quantitative estimate of drug-likeness (QED) is 0.923. The van der Waals surface area contributed by atoms with E-state index >= 15 is 0 Å². The Morgan fingerprint density at radius 3 is 2.52 bits per heavy atom. The van der Waals surface area contributed by atoms with Gasteiger partial charge in [-0.2, -0.15) is 0 Å². The molecule has 0 aliphatic heterocycles. The van der Waals surface area contributed by atoms with Gasteiger partial charge in [0, 0.05) is 25.2 Å². The van der Waals surface area contributed by atoms with E-state index < -0.39 is 0 Å². The van der Waals surface area contributed by atoms with Gasteiger partial charge in [0.2, 0.25) is 5.91 Å². The molecule has 0 aliphatic rings. The highest BCUT2D eigenvalue weighted by Gasteiger charge is 2.22. The zero-order valence-electron chi connectivity index (χ0n) is 12.0. The molecule has 110 valence electrons. The zero-order valence-corrected chi connectivity index (χ0v) is 12.8. The molecule has 0 saturated carbocycles. The average molecular weight is 303 g/mol. The normalized spacial score (nSPS) is 12.0. The van der Waals surface area contributed by atoms with Crippen LogP contribution in [0.15, 0.2) is 54.6 Å². The topological polar surface area (TPSA) is 46.3 Å². The van der Waals surface area contributed by atoms with Gasteiger partial charge in [-0.25, -0.2) is 0 Å². The Morgan fingerprint density at radius 2 is 1.90 bits per heavy atom. The van der Waals surface area contributed by atoms with Gasteiger partial charge >= 0.3 is 0 Å². The van der Waals surface area contributed by atoms with Crippen LogP contribution in [-0.2, 0) is 11.3 Å². The van der Waals surface area contributed by atoms with Crippen LogP contribution in [0.4, 0.5) is 0 Å². The minimum Gasteiger partial charge on any atom is -0.341 e. The molecule has 0 aromatic heterocycles. The van der Waals surface area contributed by atoms with Gasteiger partial charge in [0.25, 0.3) is 0 Å². The van der Waals surface area contributed by atoms with E-state index in [-0.39, 0.29) is 11.8 Å². The molecular formula is C17H19ClN2O. The fourth-order valence-corrected chi connectivity index (χ4v) is 2.53. The number of carbonyl (C=O) groups excluding carboxylic acids is 1. The number of carbonyl (C=O) groups is 1. The van der Waals surface area contributed by atoms with E-state index in [4.69, 9.17) is 17.3 Å². The van der Waals surface area contributed by atoms with Gasteiger partial charge in [0.15, 0.2) is 0 Å².